The van der Waals surface area contributed by atoms with Gasteiger partial charge in [-0.25, -0.2) is 4.79 Å². The summed E-state index contributed by atoms with van der Waals surface area (Å²) >= 11 is 0. The number of hydrogen-bond donors (Lipinski definition) is 3. The molecule has 7 nitrogen and oxygen atoms in total. The molecule has 0 saturated carbocycles. The van der Waals surface area contributed by atoms with Gasteiger partial charge in [0.2, 0.25) is 11.8 Å². The van der Waals surface area contributed by atoms with Crippen molar-refractivity contribution in [1.82, 2.24) is 10.6 Å². The first-order chi connectivity index (χ1) is 8.53. The van der Waals surface area contributed by atoms with Gasteiger partial charge in [-0.15, -0.1) is 0 Å². The second-order valence-electron chi connectivity index (χ2n) is 5.55. The molecule has 0 spiro atoms. The zero-order chi connectivity index (χ0) is 15.3. The standard InChI is InChI=1S/C12H22N2O5/c1-11(2,3)9(16)13-6-8(15)14-12(4,7-19-5)10(17)18/h6-7H2,1-5H3,(H,13,16)(H,14,15)(H,17,18). The van der Waals surface area contributed by atoms with Crippen LogP contribution in [0.4, 0.5) is 0 Å². The molecular weight excluding hydrogens is 252 g/mol. The maximum absolute atomic E-state index is 11.6. The van der Waals surface area contributed by atoms with E-state index in [4.69, 9.17) is 9.84 Å². The molecule has 3 N–H and O–H groups in total. The number of ether oxygens (including phenoxy) is 1. The summed E-state index contributed by atoms with van der Waals surface area (Å²) in [6.07, 6.45) is 0. The number of carboxylic acids is 1. The van der Waals surface area contributed by atoms with E-state index in [1.54, 1.807) is 20.8 Å². The lowest BCUT2D eigenvalue weighted by molar-refractivity contribution is -0.149. The molecule has 1 atom stereocenters. The average Bonchev–Trinajstić information content (AvgIpc) is 2.24. The van der Waals surface area contributed by atoms with E-state index >= 15 is 0 Å². The number of carboxylic acid groups (broad SMARTS) is 1. The quantitative estimate of drug-likeness (QED) is 0.619. The summed E-state index contributed by atoms with van der Waals surface area (Å²) < 4.78 is 4.77. The number of rotatable bonds is 6. The topological polar surface area (TPSA) is 105 Å². The Kier molecular flexibility index (Phi) is 5.95. The highest BCUT2D eigenvalue weighted by atomic mass is 16.5. The SMILES string of the molecule is COCC(C)(NC(=O)CNC(=O)C(C)(C)C)C(=O)O. The van der Waals surface area contributed by atoms with Crippen LogP contribution in [0.5, 0.6) is 0 Å². The third kappa shape index (κ3) is 5.69. The van der Waals surface area contributed by atoms with E-state index < -0.39 is 22.8 Å². The van der Waals surface area contributed by atoms with Gasteiger partial charge in [0.05, 0.1) is 13.2 Å². The van der Waals surface area contributed by atoms with E-state index in [-0.39, 0.29) is 19.1 Å². The zero-order valence-electron chi connectivity index (χ0n) is 12.0. The highest BCUT2D eigenvalue weighted by Crippen LogP contribution is 2.12. The van der Waals surface area contributed by atoms with Crippen LogP contribution in [-0.4, -0.2) is 48.7 Å². The van der Waals surface area contributed by atoms with Gasteiger partial charge < -0.3 is 20.5 Å². The highest BCUT2D eigenvalue weighted by molar-refractivity contribution is 5.90. The van der Waals surface area contributed by atoms with Crippen molar-refractivity contribution in [2.24, 2.45) is 5.41 Å². The van der Waals surface area contributed by atoms with Crippen molar-refractivity contribution in [1.29, 1.82) is 0 Å². The average molecular weight is 274 g/mol. The smallest absolute Gasteiger partial charge is 0.331 e. The van der Waals surface area contributed by atoms with Crippen LogP contribution in [0.1, 0.15) is 27.7 Å². The summed E-state index contributed by atoms with van der Waals surface area (Å²) in [7, 11) is 1.34. The molecule has 0 aliphatic heterocycles. The van der Waals surface area contributed by atoms with Crippen molar-refractivity contribution in [3.63, 3.8) is 0 Å². The first kappa shape index (κ1) is 17.4. The maximum atomic E-state index is 11.6. The Hall–Kier alpha value is -1.63. The van der Waals surface area contributed by atoms with Gasteiger partial charge in [0.25, 0.3) is 0 Å². The van der Waals surface area contributed by atoms with Crippen molar-refractivity contribution in [3.8, 4) is 0 Å². The maximum Gasteiger partial charge on any atom is 0.331 e. The molecule has 0 saturated heterocycles. The Labute approximate surface area is 112 Å². The Morgan fingerprint density at radius 1 is 1.16 bits per heavy atom. The summed E-state index contributed by atoms with van der Waals surface area (Å²) in [5.41, 5.74) is -2.12. The molecule has 0 radical (unpaired) electrons. The number of hydrogen-bond acceptors (Lipinski definition) is 4. The Morgan fingerprint density at radius 3 is 2.05 bits per heavy atom. The number of carbonyl (C=O) groups excluding carboxylic acids is 2. The number of methoxy groups -OCH3 is 1. The molecule has 0 aliphatic rings. The third-order valence-corrected chi connectivity index (χ3v) is 2.41. The van der Waals surface area contributed by atoms with E-state index in [1.807, 2.05) is 0 Å². The van der Waals surface area contributed by atoms with Gasteiger partial charge in [-0.3, -0.25) is 9.59 Å². The largest absolute Gasteiger partial charge is 0.479 e. The first-order valence-electron chi connectivity index (χ1n) is 5.84. The Morgan fingerprint density at radius 2 is 1.68 bits per heavy atom. The first-order valence-corrected chi connectivity index (χ1v) is 5.84. The molecule has 0 aromatic rings. The second kappa shape index (κ2) is 6.51. The normalized spacial score (nSPS) is 14.4. The van der Waals surface area contributed by atoms with Gasteiger partial charge in [0.15, 0.2) is 5.54 Å². The monoisotopic (exact) mass is 274 g/mol. The van der Waals surface area contributed by atoms with Crippen LogP contribution in [-0.2, 0) is 19.1 Å². The second-order valence-corrected chi connectivity index (χ2v) is 5.55. The lowest BCUT2D eigenvalue weighted by Gasteiger charge is -2.25. The van der Waals surface area contributed by atoms with Crippen LogP contribution >= 0.6 is 0 Å². The van der Waals surface area contributed by atoms with Crippen molar-refractivity contribution in [3.05, 3.63) is 0 Å². The fourth-order valence-electron chi connectivity index (χ4n) is 1.22. The van der Waals surface area contributed by atoms with E-state index in [0.29, 0.717) is 0 Å². The molecular formula is C12H22N2O5. The number of nitrogens with one attached hydrogen (secondary N) is 2. The predicted molar refractivity (Wildman–Crippen MR) is 68.5 cm³/mol. The summed E-state index contributed by atoms with van der Waals surface area (Å²) in [6.45, 7) is 6.04. The summed E-state index contributed by atoms with van der Waals surface area (Å²) in [4.78, 5) is 34.2. The molecule has 110 valence electrons. The molecule has 0 rings (SSSR count). The minimum absolute atomic E-state index is 0.165. The Balaban J connectivity index is 4.45. The molecule has 1 unspecified atom stereocenters. The number of carbonyl (C=O) groups is 3. The molecule has 0 aromatic carbocycles. The van der Waals surface area contributed by atoms with Crippen LogP contribution in [0, 0.1) is 5.41 Å². The lowest BCUT2D eigenvalue weighted by Crippen LogP contribution is -2.57. The molecule has 0 fully saturated rings. The van der Waals surface area contributed by atoms with Crippen LogP contribution in [0.25, 0.3) is 0 Å². The molecule has 0 bridgehead atoms. The van der Waals surface area contributed by atoms with Gasteiger partial charge >= 0.3 is 5.97 Å². The third-order valence-electron chi connectivity index (χ3n) is 2.41. The molecule has 0 aliphatic carbocycles. The summed E-state index contributed by atoms with van der Waals surface area (Å²) in [5, 5.41) is 13.8. The van der Waals surface area contributed by atoms with Crippen LogP contribution < -0.4 is 10.6 Å². The van der Waals surface area contributed by atoms with Gasteiger partial charge in [0.1, 0.15) is 0 Å². The van der Waals surface area contributed by atoms with Gasteiger partial charge in [0, 0.05) is 12.5 Å². The van der Waals surface area contributed by atoms with Crippen LogP contribution in [0.3, 0.4) is 0 Å². The van der Waals surface area contributed by atoms with Gasteiger partial charge in [-0.2, -0.15) is 0 Å². The summed E-state index contributed by atoms with van der Waals surface area (Å²) in [5.74, 6) is -2.07. The number of aliphatic carboxylic acids is 1. The highest BCUT2D eigenvalue weighted by Gasteiger charge is 2.35. The summed E-state index contributed by atoms with van der Waals surface area (Å²) in [6, 6.07) is 0. The van der Waals surface area contributed by atoms with Crippen molar-refractivity contribution >= 4 is 17.8 Å². The molecule has 19 heavy (non-hydrogen) atoms. The molecule has 2 amide bonds. The van der Waals surface area contributed by atoms with E-state index in [2.05, 4.69) is 10.6 Å². The van der Waals surface area contributed by atoms with Crippen molar-refractivity contribution in [2.75, 3.05) is 20.3 Å². The minimum atomic E-state index is -1.52. The fraction of sp³-hybridized carbons (Fsp3) is 0.750. The number of amides is 2. The van der Waals surface area contributed by atoms with E-state index in [0.717, 1.165) is 0 Å². The fourth-order valence-corrected chi connectivity index (χ4v) is 1.22. The van der Waals surface area contributed by atoms with Gasteiger partial charge in [-0.05, 0) is 6.92 Å². The zero-order valence-corrected chi connectivity index (χ0v) is 12.0. The predicted octanol–water partition coefficient (Wildman–Crippen LogP) is -0.245. The van der Waals surface area contributed by atoms with E-state index in [9.17, 15) is 14.4 Å². The van der Waals surface area contributed by atoms with Crippen molar-refractivity contribution < 1.29 is 24.2 Å². The lowest BCUT2D eigenvalue weighted by atomic mass is 9.96. The molecule has 0 aromatic heterocycles. The van der Waals surface area contributed by atoms with E-state index in [1.165, 1.54) is 14.0 Å². The van der Waals surface area contributed by atoms with Crippen LogP contribution in [0.15, 0.2) is 0 Å². The molecule has 0 heterocycles. The Bertz CT molecular complexity index is 362. The minimum Gasteiger partial charge on any atom is -0.479 e. The van der Waals surface area contributed by atoms with Crippen LogP contribution in [0.2, 0.25) is 0 Å². The van der Waals surface area contributed by atoms with Crippen molar-refractivity contribution in [2.45, 2.75) is 33.2 Å². The van der Waals surface area contributed by atoms with Gasteiger partial charge in [-0.1, -0.05) is 20.8 Å². The molecule has 7 heteroatoms.